The van der Waals surface area contributed by atoms with Crippen LogP contribution in [-0.2, 0) is 22.4 Å². The van der Waals surface area contributed by atoms with Gasteiger partial charge in [-0.15, -0.1) is 0 Å². The molecule has 0 bridgehead atoms. The summed E-state index contributed by atoms with van der Waals surface area (Å²) in [6.45, 7) is 5.81. The standard InChI is InChI=1S/C22H21NO5S.C4H10O/c1-27-6-2-7-28-21-9-14-3-5-23-12-18(22(25)26)20(24)11-19(23)16(14)10-17(21)15-4-8-29-13-15;1-4(2)5-3/h4,8-13H,2-3,5-7H2,1H3,(H,25,26);4H,1-3H3. The molecule has 4 rings (SSSR count). The molecule has 0 saturated heterocycles. The van der Waals surface area contributed by atoms with Gasteiger partial charge in [0.15, 0.2) is 5.43 Å². The maximum absolute atomic E-state index is 12.3. The lowest BCUT2D eigenvalue weighted by atomic mass is 9.92. The van der Waals surface area contributed by atoms with E-state index < -0.39 is 11.4 Å². The molecule has 1 aliphatic heterocycles. The minimum atomic E-state index is -1.20. The number of carboxylic acids is 1. The predicted octanol–water partition coefficient (Wildman–Crippen LogP) is 4.95. The number of rotatable bonds is 8. The molecule has 34 heavy (non-hydrogen) atoms. The van der Waals surface area contributed by atoms with Crippen LogP contribution in [0.3, 0.4) is 0 Å². The monoisotopic (exact) mass is 485 g/mol. The van der Waals surface area contributed by atoms with Gasteiger partial charge in [-0.25, -0.2) is 4.79 Å². The third kappa shape index (κ3) is 6.14. The number of hydrogen-bond donors (Lipinski definition) is 1. The maximum Gasteiger partial charge on any atom is 0.341 e. The first-order chi connectivity index (χ1) is 16.3. The quantitative estimate of drug-likeness (QED) is 0.454. The molecule has 0 unspecified atom stereocenters. The fourth-order valence-corrected chi connectivity index (χ4v) is 4.26. The summed E-state index contributed by atoms with van der Waals surface area (Å²) >= 11 is 1.61. The van der Waals surface area contributed by atoms with E-state index in [2.05, 4.69) is 5.38 Å². The molecule has 182 valence electrons. The van der Waals surface area contributed by atoms with Crippen molar-refractivity contribution in [3.8, 4) is 28.1 Å². The summed E-state index contributed by atoms with van der Waals surface area (Å²) in [4.78, 5) is 23.6. The SMILES string of the molecule is COC(C)C.COCCCOc1cc2c(cc1-c1ccsc1)-c1cc(=O)c(C(=O)O)cn1CC2. The van der Waals surface area contributed by atoms with Gasteiger partial charge in [-0.1, -0.05) is 0 Å². The lowest BCUT2D eigenvalue weighted by Crippen LogP contribution is -2.22. The Morgan fingerprint density at radius 1 is 1.18 bits per heavy atom. The van der Waals surface area contributed by atoms with Gasteiger partial charge >= 0.3 is 5.97 Å². The molecule has 8 heteroatoms. The summed E-state index contributed by atoms with van der Waals surface area (Å²) in [6.07, 6.45) is 3.37. The predicted molar refractivity (Wildman–Crippen MR) is 134 cm³/mol. The summed E-state index contributed by atoms with van der Waals surface area (Å²) in [6, 6.07) is 7.57. The number of nitrogens with zero attached hydrogens (tertiary/aromatic N) is 1. The van der Waals surface area contributed by atoms with Crippen LogP contribution in [-0.4, -0.2) is 49.2 Å². The Labute approximate surface area is 203 Å². The molecule has 1 N–H and O–H groups in total. The molecule has 1 aliphatic rings. The lowest BCUT2D eigenvalue weighted by molar-refractivity contribution is 0.0694. The van der Waals surface area contributed by atoms with Crippen LogP contribution >= 0.6 is 11.3 Å². The Bertz CT molecular complexity index is 1170. The molecule has 0 aliphatic carbocycles. The lowest BCUT2D eigenvalue weighted by Gasteiger charge is -2.24. The van der Waals surface area contributed by atoms with Gasteiger partial charge < -0.3 is 23.9 Å². The Morgan fingerprint density at radius 3 is 2.56 bits per heavy atom. The summed E-state index contributed by atoms with van der Waals surface area (Å²) in [5.74, 6) is -0.383. The second kappa shape index (κ2) is 12.0. The first kappa shape index (κ1) is 25.7. The molecular formula is C26H31NO6S. The van der Waals surface area contributed by atoms with E-state index in [1.165, 1.54) is 12.3 Å². The fourth-order valence-electron chi connectivity index (χ4n) is 3.61. The number of benzene rings is 1. The van der Waals surface area contributed by atoms with Gasteiger partial charge in [0.25, 0.3) is 0 Å². The van der Waals surface area contributed by atoms with Crippen molar-refractivity contribution < 1.29 is 24.1 Å². The zero-order valence-electron chi connectivity index (χ0n) is 20.0. The van der Waals surface area contributed by atoms with E-state index >= 15 is 0 Å². The number of aryl methyl sites for hydroxylation is 2. The molecule has 0 fully saturated rings. The third-order valence-corrected chi connectivity index (χ3v) is 6.20. The summed E-state index contributed by atoms with van der Waals surface area (Å²) < 4.78 is 17.8. The molecule has 0 atom stereocenters. The molecule has 3 heterocycles. The molecule has 2 aromatic heterocycles. The van der Waals surface area contributed by atoms with Crippen molar-refractivity contribution >= 4 is 17.3 Å². The van der Waals surface area contributed by atoms with E-state index in [1.807, 2.05) is 42.0 Å². The maximum atomic E-state index is 12.3. The van der Waals surface area contributed by atoms with E-state index in [9.17, 15) is 14.7 Å². The number of pyridine rings is 1. The normalized spacial score (nSPS) is 11.9. The van der Waals surface area contributed by atoms with E-state index in [1.54, 1.807) is 25.6 Å². The number of carbonyl (C=O) groups is 1. The molecule has 3 aromatic rings. The Balaban J connectivity index is 0.000000588. The van der Waals surface area contributed by atoms with Gasteiger partial charge in [-0.2, -0.15) is 11.3 Å². The van der Waals surface area contributed by atoms with Crippen LogP contribution in [0.15, 0.2) is 46.0 Å². The molecule has 0 radical (unpaired) electrons. The Morgan fingerprint density at radius 2 is 1.94 bits per heavy atom. The van der Waals surface area contributed by atoms with E-state index in [-0.39, 0.29) is 5.56 Å². The van der Waals surface area contributed by atoms with Crippen molar-refractivity contribution in [3.63, 3.8) is 0 Å². The van der Waals surface area contributed by atoms with Gasteiger partial charge in [0, 0.05) is 57.2 Å². The van der Waals surface area contributed by atoms with Gasteiger partial charge in [-0.3, -0.25) is 4.79 Å². The van der Waals surface area contributed by atoms with Crippen LogP contribution in [0.4, 0.5) is 0 Å². The van der Waals surface area contributed by atoms with Gasteiger partial charge in [0.2, 0.25) is 0 Å². The first-order valence-corrected chi connectivity index (χ1v) is 12.1. The van der Waals surface area contributed by atoms with E-state index in [0.717, 1.165) is 46.5 Å². The third-order valence-electron chi connectivity index (χ3n) is 5.52. The van der Waals surface area contributed by atoms with Crippen molar-refractivity contribution in [3.05, 3.63) is 62.6 Å². The second-order valence-electron chi connectivity index (χ2n) is 8.18. The number of thiophene rings is 1. The van der Waals surface area contributed by atoms with Crippen molar-refractivity contribution in [2.75, 3.05) is 27.4 Å². The van der Waals surface area contributed by atoms with Crippen LogP contribution in [0.2, 0.25) is 0 Å². The van der Waals surface area contributed by atoms with Crippen LogP contribution in [0, 0.1) is 0 Å². The fraction of sp³-hybridized carbons (Fsp3) is 0.385. The number of aromatic carboxylic acids is 1. The number of aromatic nitrogens is 1. The Kier molecular flexibility index (Phi) is 9.04. The molecule has 1 aromatic carbocycles. The highest BCUT2D eigenvalue weighted by Gasteiger charge is 2.22. The topological polar surface area (TPSA) is 87.0 Å². The average molecular weight is 486 g/mol. The van der Waals surface area contributed by atoms with Crippen LogP contribution in [0.25, 0.3) is 22.4 Å². The minimum absolute atomic E-state index is 0.201. The molecular weight excluding hydrogens is 454 g/mol. The highest BCUT2D eigenvalue weighted by atomic mass is 32.1. The Hall–Kier alpha value is -2.94. The smallest absolute Gasteiger partial charge is 0.341 e. The number of ether oxygens (including phenoxy) is 3. The van der Waals surface area contributed by atoms with E-state index in [4.69, 9.17) is 14.2 Å². The first-order valence-electron chi connectivity index (χ1n) is 11.2. The number of hydrogen-bond acceptors (Lipinski definition) is 6. The number of methoxy groups -OCH3 is 2. The van der Waals surface area contributed by atoms with Gasteiger partial charge in [0.1, 0.15) is 11.3 Å². The zero-order chi connectivity index (χ0) is 24.7. The largest absolute Gasteiger partial charge is 0.493 e. The van der Waals surface area contributed by atoms with E-state index in [0.29, 0.717) is 25.9 Å². The molecule has 0 saturated carbocycles. The average Bonchev–Trinajstić information content (AvgIpc) is 3.36. The number of carboxylic acid groups (broad SMARTS) is 1. The van der Waals surface area contributed by atoms with Crippen LogP contribution < -0.4 is 10.2 Å². The summed E-state index contributed by atoms with van der Waals surface area (Å²) in [7, 11) is 3.37. The summed E-state index contributed by atoms with van der Waals surface area (Å²) in [5, 5.41) is 13.3. The van der Waals surface area contributed by atoms with Crippen LogP contribution in [0.1, 0.15) is 36.2 Å². The number of fused-ring (bicyclic) bond motifs is 3. The second-order valence-corrected chi connectivity index (χ2v) is 8.96. The minimum Gasteiger partial charge on any atom is -0.493 e. The van der Waals surface area contributed by atoms with Crippen molar-refractivity contribution in [2.45, 2.75) is 39.3 Å². The molecule has 0 spiro atoms. The zero-order valence-corrected chi connectivity index (χ0v) is 20.8. The van der Waals surface area contributed by atoms with Gasteiger partial charge in [-0.05, 0) is 60.4 Å². The highest BCUT2D eigenvalue weighted by molar-refractivity contribution is 7.08. The van der Waals surface area contributed by atoms with Crippen LogP contribution in [0.5, 0.6) is 5.75 Å². The van der Waals surface area contributed by atoms with Crippen molar-refractivity contribution in [1.82, 2.24) is 4.57 Å². The summed E-state index contributed by atoms with van der Waals surface area (Å²) in [5.41, 5.74) is 4.11. The highest BCUT2D eigenvalue weighted by Crippen LogP contribution is 2.39. The van der Waals surface area contributed by atoms with Gasteiger partial charge in [0.05, 0.1) is 18.4 Å². The molecule has 7 nitrogen and oxygen atoms in total. The molecule has 0 amide bonds. The van der Waals surface area contributed by atoms with Crippen molar-refractivity contribution in [2.24, 2.45) is 0 Å². The van der Waals surface area contributed by atoms with Crippen molar-refractivity contribution in [1.29, 1.82) is 0 Å².